The topological polar surface area (TPSA) is 29.5 Å². The van der Waals surface area contributed by atoms with E-state index in [2.05, 4.69) is 0 Å². The minimum absolute atomic E-state index is 0.215. The van der Waals surface area contributed by atoms with Gasteiger partial charge < -0.3 is 4.90 Å². The summed E-state index contributed by atoms with van der Waals surface area (Å²) in [5.41, 5.74) is 0. The zero-order valence-electron chi connectivity index (χ0n) is 4.97. The molecule has 52 valence electrons. The van der Waals surface area contributed by atoms with Gasteiger partial charge in [-0.3, -0.25) is 7.86 Å². The Morgan fingerprint density at radius 3 is 3.00 bits per heavy atom. The van der Waals surface area contributed by atoms with Crippen molar-refractivity contribution in [1.29, 1.82) is 0 Å². The van der Waals surface area contributed by atoms with Gasteiger partial charge in [-0.05, 0) is 6.42 Å². The molecule has 9 heavy (non-hydrogen) atoms. The summed E-state index contributed by atoms with van der Waals surface area (Å²) in [7, 11) is 0. The molecule has 0 aliphatic carbocycles. The summed E-state index contributed by atoms with van der Waals surface area (Å²) < 4.78 is 4.77. The summed E-state index contributed by atoms with van der Waals surface area (Å²) in [6.07, 6.45) is 1.68. The summed E-state index contributed by atoms with van der Waals surface area (Å²) in [6.45, 7) is 1.31. The third kappa shape index (κ3) is 1.79. The van der Waals surface area contributed by atoms with Crippen LogP contribution in [0.5, 0.6) is 0 Å². The van der Waals surface area contributed by atoms with Gasteiger partial charge in [0.25, 0.3) is 0 Å². The molecule has 1 aliphatic heterocycles. The van der Waals surface area contributed by atoms with Gasteiger partial charge in [-0.1, -0.05) is 0 Å². The van der Waals surface area contributed by atoms with Crippen molar-refractivity contribution in [3.05, 3.63) is 0 Å². The second kappa shape index (κ2) is 3.36. The molecule has 0 N–H and O–H groups in total. The molecular formula is C5H8INO2. The van der Waals surface area contributed by atoms with Crippen molar-refractivity contribution in [2.75, 3.05) is 13.3 Å². The van der Waals surface area contributed by atoms with Crippen LogP contribution in [0, 0.1) is 0 Å². The highest BCUT2D eigenvalue weighted by atomic mass is 127. The van der Waals surface area contributed by atoms with Crippen LogP contribution >= 0.6 is 23.0 Å². The molecule has 1 fully saturated rings. The van der Waals surface area contributed by atoms with Crippen LogP contribution in [0.1, 0.15) is 12.8 Å². The van der Waals surface area contributed by atoms with E-state index in [0.29, 0.717) is 13.2 Å². The maximum Gasteiger partial charge on any atom is 0.224 e. The minimum atomic E-state index is 0.215. The predicted octanol–water partition coefficient (Wildman–Crippen LogP) is 0.933. The fraction of sp³-hybridized carbons (Fsp3) is 0.800. The number of halogens is 1. The molecule has 0 aromatic rings. The van der Waals surface area contributed by atoms with Crippen LogP contribution in [0.3, 0.4) is 0 Å². The van der Waals surface area contributed by atoms with E-state index in [1.807, 2.05) is 0 Å². The van der Waals surface area contributed by atoms with E-state index >= 15 is 0 Å². The maximum atomic E-state index is 10.8. The average Bonchev–Trinajstić information content (AvgIpc) is 2.18. The molecule has 0 aromatic heterocycles. The smallest absolute Gasteiger partial charge is 0.224 e. The van der Waals surface area contributed by atoms with Crippen molar-refractivity contribution in [1.82, 2.24) is 4.90 Å². The van der Waals surface area contributed by atoms with E-state index in [-0.39, 0.29) is 5.91 Å². The van der Waals surface area contributed by atoms with Crippen LogP contribution in [-0.4, -0.2) is 24.1 Å². The van der Waals surface area contributed by atoms with Crippen molar-refractivity contribution < 1.29 is 7.86 Å². The van der Waals surface area contributed by atoms with E-state index in [9.17, 15) is 4.79 Å². The van der Waals surface area contributed by atoms with Crippen LogP contribution in [0.25, 0.3) is 0 Å². The number of hydrogen-bond acceptors (Lipinski definition) is 2. The molecule has 0 radical (unpaired) electrons. The lowest BCUT2D eigenvalue weighted by Crippen LogP contribution is -2.25. The Morgan fingerprint density at radius 1 is 1.78 bits per heavy atom. The van der Waals surface area contributed by atoms with E-state index in [4.69, 9.17) is 3.07 Å². The first kappa shape index (κ1) is 7.27. The van der Waals surface area contributed by atoms with Crippen molar-refractivity contribution >= 4 is 28.9 Å². The number of carbonyl (C=O) groups excluding carboxylic acids is 1. The molecule has 0 saturated carbocycles. The van der Waals surface area contributed by atoms with Gasteiger partial charge in [0.1, 0.15) is 29.7 Å². The molecule has 1 rings (SSSR count). The second-order valence-corrected chi connectivity index (χ2v) is 2.62. The SMILES string of the molecule is O=C1CCCN1COI. The van der Waals surface area contributed by atoms with Gasteiger partial charge in [0.05, 0.1) is 0 Å². The van der Waals surface area contributed by atoms with Gasteiger partial charge in [0, 0.05) is 13.0 Å². The monoisotopic (exact) mass is 241 g/mol. The molecule has 0 unspecified atom stereocenters. The first-order valence-corrected chi connectivity index (χ1v) is 3.74. The summed E-state index contributed by atoms with van der Waals surface area (Å²) in [5, 5.41) is 0. The third-order valence-electron chi connectivity index (χ3n) is 1.38. The summed E-state index contributed by atoms with van der Waals surface area (Å²) in [5.74, 6) is 0.215. The predicted molar refractivity (Wildman–Crippen MR) is 40.9 cm³/mol. The Morgan fingerprint density at radius 2 is 2.56 bits per heavy atom. The molecular weight excluding hydrogens is 233 g/mol. The third-order valence-corrected chi connectivity index (χ3v) is 1.65. The zero-order chi connectivity index (χ0) is 6.69. The van der Waals surface area contributed by atoms with Gasteiger partial charge >= 0.3 is 0 Å². The average molecular weight is 241 g/mol. The molecule has 0 aromatic carbocycles. The van der Waals surface area contributed by atoms with Gasteiger partial charge in [0.15, 0.2) is 0 Å². The molecule has 1 heterocycles. The van der Waals surface area contributed by atoms with Crippen LogP contribution < -0.4 is 0 Å². The second-order valence-electron chi connectivity index (χ2n) is 2.00. The highest BCUT2D eigenvalue weighted by Crippen LogP contribution is 2.09. The fourth-order valence-electron chi connectivity index (χ4n) is 0.899. The van der Waals surface area contributed by atoms with Gasteiger partial charge in [-0.15, -0.1) is 0 Å². The Kier molecular flexibility index (Phi) is 2.71. The largest absolute Gasteiger partial charge is 0.319 e. The molecule has 3 nitrogen and oxygen atoms in total. The number of likely N-dealkylation sites (tertiary alicyclic amines) is 1. The van der Waals surface area contributed by atoms with Crippen LogP contribution in [0.15, 0.2) is 0 Å². The molecule has 0 bridgehead atoms. The van der Waals surface area contributed by atoms with E-state index < -0.39 is 0 Å². The Balaban J connectivity index is 2.31. The molecule has 1 saturated heterocycles. The normalized spacial score (nSPS) is 19.2. The molecule has 0 spiro atoms. The summed E-state index contributed by atoms with van der Waals surface area (Å²) >= 11 is 1.79. The fourth-order valence-corrected chi connectivity index (χ4v) is 1.24. The maximum absolute atomic E-state index is 10.8. The minimum Gasteiger partial charge on any atom is -0.319 e. The Labute approximate surface area is 68.0 Å². The summed E-state index contributed by atoms with van der Waals surface area (Å²) in [4.78, 5) is 12.5. The van der Waals surface area contributed by atoms with E-state index in [1.165, 1.54) is 0 Å². The Bertz CT molecular complexity index is 118. The van der Waals surface area contributed by atoms with Crippen molar-refractivity contribution in [3.63, 3.8) is 0 Å². The lowest BCUT2D eigenvalue weighted by Gasteiger charge is -2.11. The van der Waals surface area contributed by atoms with Gasteiger partial charge in [-0.2, -0.15) is 0 Å². The van der Waals surface area contributed by atoms with Crippen molar-refractivity contribution in [2.45, 2.75) is 12.8 Å². The lowest BCUT2D eigenvalue weighted by molar-refractivity contribution is -0.129. The standard InChI is InChI=1S/C5H8INO2/c6-9-4-7-3-1-2-5(7)8/h1-4H2. The van der Waals surface area contributed by atoms with Gasteiger partial charge in [-0.25, -0.2) is 0 Å². The van der Waals surface area contributed by atoms with E-state index in [1.54, 1.807) is 27.9 Å². The highest BCUT2D eigenvalue weighted by Gasteiger charge is 2.18. The summed E-state index contributed by atoms with van der Waals surface area (Å²) in [6, 6.07) is 0. The van der Waals surface area contributed by atoms with Crippen molar-refractivity contribution in [3.8, 4) is 0 Å². The number of hydrogen-bond donors (Lipinski definition) is 0. The number of carbonyl (C=O) groups is 1. The van der Waals surface area contributed by atoms with Gasteiger partial charge in [0.2, 0.25) is 5.91 Å². The Hall–Kier alpha value is 0.160. The van der Waals surface area contributed by atoms with Crippen LogP contribution in [0.4, 0.5) is 0 Å². The van der Waals surface area contributed by atoms with E-state index in [0.717, 1.165) is 13.0 Å². The quantitative estimate of drug-likeness (QED) is 0.673. The molecule has 4 heteroatoms. The van der Waals surface area contributed by atoms with Crippen molar-refractivity contribution in [2.24, 2.45) is 0 Å². The molecule has 0 atom stereocenters. The number of nitrogens with zero attached hydrogens (tertiary/aromatic N) is 1. The lowest BCUT2D eigenvalue weighted by atomic mass is 10.4. The first-order valence-electron chi connectivity index (χ1n) is 2.86. The molecule has 1 aliphatic rings. The number of amides is 1. The first-order chi connectivity index (χ1) is 4.34. The molecule has 1 amide bonds. The van der Waals surface area contributed by atoms with Crippen LogP contribution in [0.2, 0.25) is 0 Å². The highest BCUT2D eigenvalue weighted by molar-refractivity contribution is 14.1. The number of rotatable bonds is 2. The zero-order valence-corrected chi connectivity index (χ0v) is 7.13. The van der Waals surface area contributed by atoms with Crippen LogP contribution in [-0.2, 0) is 7.86 Å².